The van der Waals surface area contributed by atoms with Crippen LogP contribution in [0.15, 0.2) is 35.7 Å². The normalized spacial score (nSPS) is 10.1. The first-order valence-electron chi connectivity index (χ1n) is 5.35. The van der Waals surface area contributed by atoms with Gasteiger partial charge in [-0.2, -0.15) is 0 Å². The number of carbonyl (C=O) groups is 1. The lowest BCUT2D eigenvalue weighted by molar-refractivity contribution is -0.380. The topological polar surface area (TPSA) is 92.5 Å². The van der Waals surface area contributed by atoms with E-state index in [4.69, 9.17) is 5.11 Å². The van der Waals surface area contributed by atoms with Crippen LogP contribution >= 0.6 is 11.3 Å². The molecule has 0 saturated carbocycles. The summed E-state index contributed by atoms with van der Waals surface area (Å²) >= 11 is 1.08. The zero-order valence-electron chi connectivity index (χ0n) is 9.70. The summed E-state index contributed by atoms with van der Waals surface area (Å²) < 4.78 is 0. The van der Waals surface area contributed by atoms with Crippen LogP contribution in [0.1, 0.15) is 15.9 Å². The van der Waals surface area contributed by atoms with Gasteiger partial charge in [-0.15, -0.1) is 0 Å². The Hall–Kier alpha value is -2.41. The molecule has 0 bridgehead atoms. The van der Waals surface area contributed by atoms with Gasteiger partial charge in [0.25, 0.3) is 0 Å². The minimum absolute atomic E-state index is 0.109. The van der Waals surface area contributed by atoms with E-state index in [9.17, 15) is 14.9 Å². The molecule has 98 valence electrons. The van der Waals surface area contributed by atoms with E-state index in [1.165, 1.54) is 18.2 Å². The average Bonchev–Trinajstić information content (AvgIpc) is 2.86. The molecule has 0 fully saturated rings. The van der Waals surface area contributed by atoms with E-state index in [0.717, 1.165) is 22.6 Å². The third kappa shape index (κ3) is 3.29. The van der Waals surface area contributed by atoms with Gasteiger partial charge in [0, 0.05) is 23.7 Å². The van der Waals surface area contributed by atoms with Crippen LogP contribution < -0.4 is 5.32 Å². The van der Waals surface area contributed by atoms with Crippen LogP contribution in [-0.4, -0.2) is 16.0 Å². The van der Waals surface area contributed by atoms with E-state index in [0.29, 0.717) is 6.54 Å². The summed E-state index contributed by atoms with van der Waals surface area (Å²) in [6, 6.07) is 7.83. The van der Waals surface area contributed by atoms with Crippen molar-refractivity contribution in [2.24, 2.45) is 0 Å². The fraction of sp³-hybridized carbons (Fsp3) is 0.0833. The molecular formula is C12H10N2O4S. The molecule has 0 aliphatic rings. The molecule has 0 aliphatic heterocycles. The molecule has 0 saturated heterocycles. The molecule has 7 heteroatoms. The molecule has 2 N–H and O–H groups in total. The second kappa shape index (κ2) is 5.49. The summed E-state index contributed by atoms with van der Waals surface area (Å²) in [5.41, 5.74) is 1.80. The molecule has 1 heterocycles. The molecule has 0 radical (unpaired) electrons. The van der Waals surface area contributed by atoms with Gasteiger partial charge in [-0.3, -0.25) is 10.1 Å². The van der Waals surface area contributed by atoms with Crippen molar-refractivity contribution >= 4 is 28.0 Å². The van der Waals surface area contributed by atoms with Crippen LogP contribution in [0.3, 0.4) is 0 Å². The van der Waals surface area contributed by atoms with Gasteiger partial charge in [0.05, 0.1) is 10.5 Å². The molecule has 1 aromatic heterocycles. The highest BCUT2D eigenvalue weighted by Gasteiger charge is 2.09. The summed E-state index contributed by atoms with van der Waals surface area (Å²) in [4.78, 5) is 20.8. The number of nitrogens with zero attached hydrogens (tertiary/aromatic N) is 1. The number of hydrogen-bond donors (Lipinski definition) is 2. The molecule has 2 aromatic rings. The maximum absolute atomic E-state index is 10.7. The van der Waals surface area contributed by atoms with Crippen molar-refractivity contribution in [1.82, 2.24) is 0 Å². The van der Waals surface area contributed by atoms with Crippen molar-refractivity contribution in [1.29, 1.82) is 0 Å². The van der Waals surface area contributed by atoms with Gasteiger partial charge < -0.3 is 10.4 Å². The zero-order chi connectivity index (χ0) is 13.8. The second-order valence-electron chi connectivity index (χ2n) is 3.79. The molecule has 19 heavy (non-hydrogen) atoms. The number of hydrogen-bond acceptors (Lipinski definition) is 5. The lowest BCUT2D eigenvalue weighted by Gasteiger charge is -2.04. The minimum atomic E-state index is -0.972. The first-order valence-corrected chi connectivity index (χ1v) is 6.23. The number of thiophene rings is 1. The van der Waals surface area contributed by atoms with Crippen LogP contribution in [0, 0.1) is 10.1 Å². The fourth-order valence-electron chi connectivity index (χ4n) is 1.49. The average molecular weight is 278 g/mol. The Morgan fingerprint density at radius 3 is 2.58 bits per heavy atom. The Balaban J connectivity index is 1.97. The van der Waals surface area contributed by atoms with Crippen molar-refractivity contribution in [3.05, 3.63) is 57.0 Å². The van der Waals surface area contributed by atoms with Crippen LogP contribution in [-0.2, 0) is 6.54 Å². The summed E-state index contributed by atoms with van der Waals surface area (Å²) in [6.07, 6.45) is 0. The highest BCUT2D eigenvalue weighted by molar-refractivity contribution is 7.13. The van der Waals surface area contributed by atoms with Gasteiger partial charge in [-0.25, -0.2) is 4.79 Å². The second-order valence-corrected chi connectivity index (χ2v) is 4.68. The smallest absolute Gasteiger partial charge is 0.335 e. The highest BCUT2D eigenvalue weighted by atomic mass is 32.1. The predicted molar refractivity (Wildman–Crippen MR) is 71.7 cm³/mol. The summed E-state index contributed by atoms with van der Waals surface area (Å²) in [6.45, 7) is 0.455. The number of nitro groups is 1. The molecule has 1 aromatic carbocycles. The molecule has 0 unspecified atom stereocenters. The van der Waals surface area contributed by atoms with Gasteiger partial charge in [0.1, 0.15) is 0 Å². The van der Waals surface area contributed by atoms with E-state index < -0.39 is 10.9 Å². The minimum Gasteiger partial charge on any atom is -0.478 e. The lowest BCUT2D eigenvalue weighted by Crippen LogP contribution is -2.00. The van der Waals surface area contributed by atoms with Crippen molar-refractivity contribution < 1.29 is 14.8 Å². The van der Waals surface area contributed by atoms with Crippen molar-refractivity contribution in [3.8, 4) is 0 Å². The van der Waals surface area contributed by atoms with Gasteiger partial charge in [0.15, 0.2) is 0 Å². The molecule has 2 rings (SSSR count). The first kappa shape index (κ1) is 13.0. The number of nitrogens with one attached hydrogen (secondary N) is 1. The quantitative estimate of drug-likeness (QED) is 0.648. The number of anilines is 1. The predicted octanol–water partition coefficient (Wildman–Crippen LogP) is 2.97. The van der Waals surface area contributed by atoms with Crippen molar-refractivity contribution in [2.75, 3.05) is 5.32 Å². The molecule has 6 nitrogen and oxygen atoms in total. The Kier molecular flexibility index (Phi) is 3.76. The lowest BCUT2D eigenvalue weighted by atomic mass is 10.2. The van der Waals surface area contributed by atoms with Crippen LogP contribution in [0.2, 0.25) is 0 Å². The zero-order valence-corrected chi connectivity index (χ0v) is 10.5. The van der Waals surface area contributed by atoms with Crippen LogP contribution in [0.4, 0.5) is 10.7 Å². The summed E-state index contributed by atoms with van der Waals surface area (Å²) in [5, 5.41) is 24.2. The molecular weight excluding hydrogens is 268 g/mol. The number of benzene rings is 1. The van der Waals surface area contributed by atoms with Crippen LogP contribution in [0.5, 0.6) is 0 Å². The number of rotatable bonds is 5. The summed E-state index contributed by atoms with van der Waals surface area (Å²) in [5.74, 6) is -0.972. The Bertz CT molecular complexity index is 606. The van der Waals surface area contributed by atoms with E-state index in [1.807, 2.05) is 0 Å². The third-order valence-corrected chi connectivity index (χ3v) is 3.38. The highest BCUT2D eigenvalue weighted by Crippen LogP contribution is 2.23. The molecule has 0 atom stereocenters. The fourth-order valence-corrected chi connectivity index (χ4v) is 2.21. The molecule has 0 aliphatic carbocycles. The van der Waals surface area contributed by atoms with Gasteiger partial charge in [-0.1, -0.05) is 11.3 Å². The Morgan fingerprint density at radius 2 is 2.05 bits per heavy atom. The van der Waals surface area contributed by atoms with Gasteiger partial charge in [-0.05, 0) is 29.8 Å². The van der Waals surface area contributed by atoms with Crippen molar-refractivity contribution in [2.45, 2.75) is 6.54 Å². The van der Waals surface area contributed by atoms with E-state index >= 15 is 0 Å². The monoisotopic (exact) mass is 278 g/mol. The number of carboxylic acids is 1. The molecule has 0 spiro atoms. The van der Waals surface area contributed by atoms with E-state index in [-0.39, 0.29) is 10.6 Å². The Morgan fingerprint density at radius 1 is 1.37 bits per heavy atom. The number of aromatic carboxylic acids is 1. The Labute approximate surface area is 112 Å². The van der Waals surface area contributed by atoms with E-state index in [2.05, 4.69) is 5.32 Å². The SMILES string of the molecule is O=C(O)c1ccc(NCc2csc([N+](=O)[O-])c2)cc1. The van der Waals surface area contributed by atoms with E-state index in [1.54, 1.807) is 17.5 Å². The summed E-state index contributed by atoms with van der Waals surface area (Å²) in [7, 11) is 0. The van der Waals surface area contributed by atoms with Crippen molar-refractivity contribution in [3.63, 3.8) is 0 Å². The third-order valence-electron chi connectivity index (χ3n) is 2.45. The maximum Gasteiger partial charge on any atom is 0.335 e. The number of carboxylic acid groups (broad SMARTS) is 1. The maximum atomic E-state index is 10.7. The standard InChI is InChI=1S/C12H10N2O4S/c15-12(16)9-1-3-10(4-2-9)13-6-8-5-11(14(17)18)19-7-8/h1-5,7,13H,6H2,(H,15,16). The van der Waals surface area contributed by atoms with Gasteiger partial charge in [0.2, 0.25) is 0 Å². The largest absolute Gasteiger partial charge is 0.478 e. The first-order chi connectivity index (χ1) is 9.06. The van der Waals surface area contributed by atoms with Gasteiger partial charge >= 0.3 is 11.0 Å². The van der Waals surface area contributed by atoms with Crippen LogP contribution in [0.25, 0.3) is 0 Å². The molecule has 0 amide bonds.